The van der Waals surface area contributed by atoms with Gasteiger partial charge in [-0.25, -0.2) is 0 Å². The molecule has 0 unspecified atom stereocenters. The fraction of sp³-hybridized carbons (Fsp3) is 0.368. The summed E-state index contributed by atoms with van der Waals surface area (Å²) in [5.41, 5.74) is 5.34. The van der Waals surface area contributed by atoms with Crippen LogP contribution in [0.15, 0.2) is 48.5 Å². The third-order valence-electron chi connectivity index (χ3n) is 2.69. The molecule has 104 valence electrons. The summed E-state index contributed by atoms with van der Waals surface area (Å²) < 4.78 is 0. The Labute approximate surface area is 119 Å². The number of rotatable bonds is 2. The van der Waals surface area contributed by atoms with Crippen LogP contribution < -0.4 is 0 Å². The molecule has 0 N–H and O–H groups in total. The van der Waals surface area contributed by atoms with Crippen molar-refractivity contribution >= 4 is 0 Å². The fourth-order valence-corrected chi connectivity index (χ4v) is 1.80. The summed E-state index contributed by atoms with van der Waals surface area (Å²) in [4.78, 5) is 0. The SMILES string of the molecule is CC.CC.CCc1cccc(-c2cccc(C)c2)c1. The number of hydrogen-bond acceptors (Lipinski definition) is 0. The summed E-state index contributed by atoms with van der Waals surface area (Å²) in [6.45, 7) is 12.3. The monoisotopic (exact) mass is 256 g/mol. The molecular weight excluding hydrogens is 228 g/mol. The van der Waals surface area contributed by atoms with E-state index in [0.717, 1.165) is 6.42 Å². The largest absolute Gasteiger partial charge is 0.0683 e. The fourth-order valence-electron chi connectivity index (χ4n) is 1.80. The van der Waals surface area contributed by atoms with Crippen LogP contribution in [0.25, 0.3) is 11.1 Å². The molecule has 0 aliphatic carbocycles. The lowest BCUT2D eigenvalue weighted by Crippen LogP contribution is -1.83. The van der Waals surface area contributed by atoms with Crippen molar-refractivity contribution in [2.75, 3.05) is 0 Å². The summed E-state index contributed by atoms with van der Waals surface area (Å²) >= 11 is 0. The maximum Gasteiger partial charge on any atom is -0.0181 e. The second-order valence-electron chi connectivity index (χ2n) is 3.92. The maximum absolute atomic E-state index is 2.27. The Kier molecular flexibility index (Phi) is 9.52. The van der Waals surface area contributed by atoms with Gasteiger partial charge < -0.3 is 0 Å². The minimum Gasteiger partial charge on any atom is -0.0683 e. The molecule has 0 bridgehead atoms. The van der Waals surface area contributed by atoms with Crippen molar-refractivity contribution in [2.24, 2.45) is 0 Å². The van der Waals surface area contributed by atoms with E-state index in [-0.39, 0.29) is 0 Å². The van der Waals surface area contributed by atoms with Gasteiger partial charge in [0.15, 0.2) is 0 Å². The lowest BCUT2D eigenvalue weighted by Gasteiger charge is -2.04. The minimum atomic E-state index is 1.10. The van der Waals surface area contributed by atoms with Gasteiger partial charge in [0.25, 0.3) is 0 Å². The van der Waals surface area contributed by atoms with Gasteiger partial charge in [-0.2, -0.15) is 0 Å². The topological polar surface area (TPSA) is 0 Å². The van der Waals surface area contributed by atoms with E-state index in [1.54, 1.807) is 0 Å². The van der Waals surface area contributed by atoms with Crippen molar-refractivity contribution in [2.45, 2.75) is 48.0 Å². The Hall–Kier alpha value is -1.56. The van der Waals surface area contributed by atoms with Gasteiger partial charge in [-0.3, -0.25) is 0 Å². The van der Waals surface area contributed by atoms with Crippen LogP contribution in [0.2, 0.25) is 0 Å². The Morgan fingerprint density at radius 1 is 0.737 bits per heavy atom. The van der Waals surface area contributed by atoms with Crippen LogP contribution >= 0.6 is 0 Å². The summed E-state index contributed by atoms with van der Waals surface area (Å²) in [7, 11) is 0. The third-order valence-corrected chi connectivity index (χ3v) is 2.69. The zero-order valence-electron chi connectivity index (χ0n) is 13.3. The summed E-state index contributed by atoms with van der Waals surface area (Å²) in [5.74, 6) is 0. The van der Waals surface area contributed by atoms with E-state index < -0.39 is 0 Å². The second-order valence-corrected chi connectivity index (χ2v) is 3.92. The molecule has 19 heavy (non-hydrogen) atoms. The highest BCUT2D eigenvalue weighted by Crippen LogP contribution is 2.21. The summed E-state index contributed by atoms with van der Waals surface area (Å²) in [6, 6.07) is 17.4. The molecule has 0 nitrogen and oxygen atoms in total. The third kappa shape index (κ3) is 5.74. The van der Waals surface area contributed by atoms with Crippen LogP contribution in [0.4, 0.5) is 0 Å². The lowest BCUT2D eigenvalue weighted by atomic mass is 10.0. The standard InChI is InChI=1S/C15H16.2C2H6/c1-3-13-7-5-9-15(11-13)14-8-4-6-12(2)10-14;2*1-2/h4-11H,3H2,1-2H3;2*1-2H3. The van der Waals surface area contributed by atoms with Crippen LogP contribution in [0, 0.1) is 6.92 Å². The van der Waals surface area contributed by atoms with E-state index in [1.165, 1.54) is 22.3 Å². The first-order valence-corrected chi connectivity index (χ1v) is 7.45. The Morgan fingerprint density at radius 3 is 1.79 bits per heavy atom. The average molecular weight is 256 g/mol. The predicted octanol–water partition coefficient (Wildman–Crippen LogP) is 6.28. The summed E-state index contributed by atoms with van der Waals surface area (Å²) in [5, 5.41) is 0. The van der Waals surface area contributed by atoms with Gasteiger partial charge in [-0.05, 0) is 30.0 Å². The number of aryl methyl sites for hydroxylation is 2. The van der Waals surface area contributed by atoms with Crippen molar-refractivity contribution in [3.63, 3.8) is 0 Å². The highest BCUT2D eigenvalue weighted by atomic mass is 14.0. The van der Waals surface area contributed by atoms with Gasteiger partial charge >= 0.3 is 0 Å². The van der Waals surface area contributed by atoms with Crippen LogP contribution in [0.3, 0.4) is 0 Å². The van der Waals surface area contributed by atoms with E-state index in [1.807, 2.05) is 27.7 Å². The molecule has 0 radical (unpaired) electrons. The molecule has 0 heterocycles. The average Bonchev–Trinajstić information content (AvgIpc) is 2.51. The van der Waals surface area contributed by atoms with E-state index >= 15 is 0 Å². The molecule has 0 saturated carbocycles. The van der Waals surface area contributed by atoms with Gasteiger partial charge in [0.2, 0.25) is 0 Å². The molecule has 0 saturated heterocycles. The zero-order valence-corrected chi connectivity index (χ0v) is 13.3. The minimum absolute atomic E-state index is 1.10. The quantitative estimate of drug-likeness (QED) is 0.593. The molecule has 2 aromatic carbocycles. The van der Waals surface area contributed by atoms with Gasteiger partial charge in [-0.1, -0.05) is 88.7 Å². The van der Waals surface area contributed by atoms with Gasteiger partial charge in [0, 0.05) is 0 Å². The highest BCUT2D eigenvalue weighted by Gasteiger charge is 1.98. The van der Waals surface area contributed by atoms with Crippen LogP contribution in [0.5, 0.6) is 0 Å². The molecule has 0 fully saturated rings. The molecule has 0 aromatic heterocycles. The van der Waals surface area contributed by atoms with Gasteiger partial charge in [0.05, 0.1) is 0 Å². The van der Waals surface area contributed by atoms with Crippen molar-refractivity contribution < 1.29 is 0 Å². The first kappa shape index (κ1) is 17.4. The van der Waals surface area contributed by atoms with Crippen molar-refractivity contribution in [1.82, 2.24) is 0 Å². The number of benzene rings is 2. The zero-order chi connectivity index (χ0) is 14.7. The molecule has 0 aliphatic heterocycles. The smallest absolute Gasteiger partial charge is 0.0181 e. The normalized spacial score (nSPS) is 8.74. The Morgan fingerprint density at radius 2 is 1.26 bits per heavy atom. The lowest BCUT2D eigenvalue weighted by molar-refractivity contribution is 1.14. The Balaban J connectivity index is 0.000000741. The highest BCUT2D eigenvalue weighted by molar-refractivity contribution is 5.64. The summed E-state index contributed by atoms with van der Waals surface area (Å²) in [6.07, 6.45) is 1.10. The van der Waals surface area contributed by atoms with Crippen LogP contribution in [-0.4, -0.2) is 0 Å². The molecule has 0 amide bonds. The first-order valence-electron chi connectivity index (χ1n) is 7.45. The second kappa shape index (κ2) is 10.4. The molecule has 2 rings (SSSR count). The van der Waals surface area contributed by atoms with E-state index in [4.69, 9.17) is 0 Å². The first-order chi connectivity index (χ1) is 9.29. The predicted molar refractivity (Wildman–Crippen MR) is 88.7 cm³/mol. The van der Waals surface area contributed by atoms with Crippen LogP contribution in [0.1, 0.15) is 45.7 Å². The van der Waals surface area contributed by atoms with E-state index in [2.05, 4.69) is 62.4 Å². The van der Waals surface area contributed by atoms with Crippen molar-refractivity contribution in [3.8, 4) is 11.1 Å². The molecule has 0 heteroatoms. The molecule has 0 aliphatic rings. The van der Waals surface area contributed by atoms with E-state index in [9.17, 15) is 0 Å². The van der Waals surface area contributed by atoms with Gasteiger partial charge in [0.1, 0.15) is 0 Å². The van der Waals surface area contributed by atoms with Crippen LogP contribution in [-0.2, 0) is 6.42 Å². The van der Waals surface area contributed by atoms with Crippen molar-refractivity contribution in [3.05, 3.63) is 59.7 Å². The van der Waals surface area contributed by atoms with Crippen molar-refractivity contribution in [1.29, 1.82) is 0 Å². The molecule has 0 atom stereocenters. The van der Waals surface area contributed by atoms with Gasteiger partial charge in [-0.15, -0.1) is 0 Å². The molecular formula is C19H28. The van der Waals surface area contributed by atoms with E-state index in [0.29, 0.717) is 0 Å². The molecule has 2 aromatic rings. The maximum atomic E-state index is 2.27. The Bertz CT molecular complexity index is 455. The number of hydrogen-bond donors (Lipinski definition) is 0. The molecule has 0 spiro atoms.